The van der Waals surface area contributed by atoms with Gasteiger partial charge >= 0.3 is 0 Å². The number of hydrogen-bond acceptors (Lipinski definition) is 5. The fraction of sp³-hybridized carbons (Fsp3) is 0.304. The number of halogens is 2. The maximum absolute atomic E-state index is 14.2. The average Bonchev–Trinajstić information content (AvgIpc) is 3.51. The molecular weight excluding hydrogens is 481 g/mol. The van der Waals surface area contributed by atoms with Gasteiger partial charge in [-0.3, -0.25) is 19.1 Å². The van der Waals surface area contributed by atoms with Crippen molar-refractivity contribution in [2.45, 2.75) is 44.4 Å². The number of aromatic nitrogens is 2. The number of benzene rings is 1. The Morgan fingerprint density at radius 1 is 1.32 bits per heavy atom. The molecule has 0 saturated carbocycles. The smallest absolute Gasteiger partial charge is 0.270 e. The molecular formula is C23H21ClFN5O3S. The van der Waals surface area contributed by atoms with Crippen molar-refractivity contribution in [3.05, 3.63) is 51.7 Å². The van der Waals surface area contributed by atoms with Crippen molar-refractivity contribution in [2.75, 3.05) is 0 Å². The van der Waals surface area contributed by atoms with Crippen molar-refractivity contribution in [1.82, 2.24) is 20.0 Å². The van der Waals surface area contributed by atoms with Gasteiger partial charge in [-0.1, -0.05) is 23.7 Å². The molecule has 2 aromatic heterocycles. The van der Waals surface area contributed by atoms with Crippen LogP contribution < -0.4 is 11.1 Å². The minimum Gasteiger partial charge on any atom is -0.364 e. The summed E-state index contributed by atoms with van der Waals surface area (Å²) in [5.41, 5.74) is 6.36. The molecule has 2 atom stereocenters. The minimum atomic E-state index is -0.766. The van der Waals surface area contributed by atoms with E-state index >= 15 is 0 Å². The summed E-state index contributed by atoms with van der Waals surface area (Å²) in [6.07, 6.45) is 6.76. The first-order valence-corrected chi connectivity index (χ1v) is 11.8. The highest BCUT2D eigenvalue weighted by Crippen LogP contribution is 2.29. The molecule has 11 heteroatoms. The van der Waals surface area contributed by atoms with Crippen LogP contribution in [0.3, 0.4) is 0 Å². The van der Waals surface area contributed by atoms with Gasteiger partial charge in [0.2, 0.25) is 11.8 Å². The molecule has 1 aliphatic rings. The number of rotatable bonds is 7. The minimum absolute atomic E-state index is 0.0344. The van der Waals surface area contributed by atoms with Crippen LogP contribution in [0.15, 0.2) is 29.6 Å². The topological polar surface area (TPSA) is 110 Å². The largest absolute Gasteiger partial charge is 0.364 e. The van der Waals surface area contributed by atoms with E-state index in [0.717, 1.165) is 0 Å². The van der Waals surface area contributed by atoms with Crippen molar-refractivity contribution in [3.8, 4) is 12.3 Å². The van der Waals surface area contributed by atoms with Crippen LogP contribution >= 0.6 is 22.9 Å². The zero-order valence-corrected chi connectivity index (χ0v) is 19.5. The monoisotopic (exact) mass is 501 g/mol. The number of amides is 3. The summed E-state index contributed by atoms with van der Waals surface area (Å²) in [5.74, 6) is 0.505. The van der Waals surface area contributed by atoms with E-state index in [0.29, 0.717) is 23.1 Å². The Kier molecular flexibility index (Phi) is 6.86. The summed E-state index contributed by atoms with van der Waals surface area (Å²) in [6, 6.07) is 5.21. The highest BCUT2D eigenvalue weighted by molar-refractivity contribution is 7.17. The molecule has 3 aromatic rings. The summed E-state index contributed by atoms with van der Waals surface area (Å²) >= 11 is 7.11. The fourth-order valence-electron chi connectivity index (χ4n) is 4.23. The molecule has 176 valence electrons. The first-order valence-electron chi connectivity index (χ1n) is 10.5. The molecule has 0 spiro atoms. The maximum atomic E-state index is 14.2. The van der Waals surface area contributed by atoms with Gasteiger partial charge in [0, 0.05) is 24.6 Å². The standard InChI is InChI=1S/C23H21ClFN5O3S/c1-2-4-14-7-8-17(23(33)27-11-13-5-3-6-15(24)19(13)25)30(14)18(31)12-29-16-9-10-34-21(16)20(28-29)22(26)32/h1,3,5-6,9-10,14,17H,4,7-8,11-12H2,(H2,26,32)(H,27,33)/t14-,17+/m1/s1. The third-order valence-corrected chi connectivity index (χ3v) is 7.01. The Morgan fingerprint density at radius 2 is 2.12 bits per heavy atom. The zero-order valence-electron chi connectivity index (χ0n) is 18.0. The van der Waals surface area contributed by atoms with E-state index in [1.807, 2.05) is 0 Å². The van der Waals surface area contributed by atoms with Gasteiger partial charge in [-0.15, -0.1) is 23.7 Å². The van der Waals surface area contributed by atoms with Gasteiger partial charge in [-0.05, 0) is 30.4 Å². The quantitative estimate of drug-likeness (QED) is 0.485. The highest BCUT2D eigenvalue weighted by atomic mass is 35.5. The molecule has 0 unspecified atom stereocenters. The Labute approximate surface area is 203 Å². The van der Waals surface area contributed by atoms with Gasteiger partial charge in [0.25, 0.3) is 5.91 Å². The lowest BCUT2D eigenvalue weighted by atomic mass is 10.1. The van der Waals surface area contributed by atoms with Crippen LogP contribution in [-0.2, 0) is 22.7 Å². The highest BCUT2D eigenvalue weighted by Gasteiger charge is 2.40. The molecule has 34 heavy (non-hydrogen) atoms. The molecule has 3 amide bonds. The fourth-order valence-corrected chi connectivity index (χ4v) is 5.31. The van der Waals surface area contributed by atoms with Crippen LogP contribution in [0.5, 0.6) is 0 Å². The van der Waals surface area contributed by atoms with Gasteiger partial charge in [0.1, 0.15) is 18.4 Å². The number of carbonyl (C=O) groups is 3. The third-order valence-electron chi connectivity index (χ3n) is 5.81. The van der Waals surface area contributed by atoms with Crippen molar-refractivity contribution in [1.29, 1.82) is 0 Å². The summed E-state index contributed by atoms with van der Waals surface area (Å²) in [7, 11) is 0. The van der Waals surface area contributed by atoms with Crippen molar-refractivity contribution < 1.29 is 18.8 Å². The second-order valence-electron chi connectivity index (χ2n) is 7.89. The van der Waals surface area contributed by atoms with E-state index in [-0.39, 0.29) is 47.7 Å². The lowest BCUT2D eigenvalue weighted by Gasteiger charge is -2.29. The molecule has 4 rings (SSSR count). The zero-order chi connectivity index (χ0) is 24.4. The van der Waals surface area contributed by atoms with E-state index in [9.17, 15) is 18.8 Å². The van der Waals surface area contributed by atoms with Crippen LogP contribution in [0.1, 0.15) is 35.3 Å². The van der Waals surface area contributed by atoms with Crippen molar-refractivity contribution >= 4 is 50.9 Å². The van der Waals surface area contributed by atoms with Gasteiger partial charge in [-0.2, -0.15) is 5.10 Å². The molecule has 3 N–H and O–H groups in total. The molecule has 0 aliphatic carbocycles. The van der Waals surface area contributed by atoms with Gasteiger partial charge < -0.3 is 16.0 Å². The summed E-state index contributed by atoms with van der Waals surface area (Å²) in [5, 5.41) is 8.65. The molecule has 1 saturated heterocycles. The Morgan fingerprint density at radius 3 is 2.85 bits per heavy atom. The number of terminal acetylenes is 1. The Bertz CT molecular complexity index is 1310. The average molecular weight is 502 g/mol. The number of primary amides is 1. The van der Waals surface area contributed by atoms with Crippen molar-refractivity contribution in [3.63, 3.8) is 0 Å². The molecule has 8 nitrogen and oxygen atoms in total. The van der Waals surface area contributed by atoms with Crippen LogP contribution in [0.25, 0.3) is 10.2 Å². The lowest BCUT2D eigenvalue weighted by Crippen LogP contribution is -2.49. The number of fused-ring (bicyclic) bond motifs is 1. The van der Waals surface area contributed by atoms with E-state index < -0.39 is 23.7 Å². The van der Waals surface area contributed by atoms with Gasteiger partial charge in [0.15, 0.2) is 5.69 Å². The van der Waals surface area contributed by atoms with Crippen molar-refractivity contribution in [2.24, 2.45) is 5.73 Å². The molecule has 1 fully saturated rings. The lowest BCUT2D eigenvalue weighted by molar-refractivity contribution is -0.141. The number of likely N-dealkylation sites (tertiary alicyclic amines) is 1. The van der Waals surface area contributed by atoms with E-state index in [1.165, 1.54) is 33.1 Å². The molecule has 0 radical (unpaired) electrons. The first-order chi connectivity index (χ1) is 16.3. The third kappa shape index (κ3) is 4.49. The van der Waals surface area contributed by atoms with Crippen LogP contribution in [0.4, 0.5) is 4.39 Å². The van der Waals surface area contributed by atoms with Crippen LogP contribution in [0.2, 0.25) is 5.02 Å². The molecule has 1 aromatic carbocycles. The SMILES string of the molecule is C#CC[C@@H]1CC[C@@H](C(=O)NCc2cccc(Cl)c2F)N1C(=O)Cn1nc(C(N)=O)c2sccc21. The second kappa shape index (κ2) is 9.83. The maximum Gasteiger partial charge on any atom is 0.270 e. The number of carbonyl (C=O) groups excluding carboxylic acids is 3. The van der Waals surface area contributed by atoms with E-state index in [2.05, 4.69) is 16.3 Å². The summed E-state index contributed by atoms with van der Waals surface area (Å²) in [4.78, 5) is 39.6. The summed E-state index contributed by atoms with van der Waals surface area (Å²) < 4.78 is 16.2. The molecule has 1 aliphatic heterocycles. The number of nitrogens with zero attached hydrogens (tertiary/aromatic N) is 3. The van der Waals surface area contributed by atoms with Crippen LogP contribution in [0, 0.1) is 18.2 Å². The second-order valence-corrected chi connectivity index (χ2v) is 9.22. The molecule has 3 heterocycles. The van der Waals surface area contributed by atoms with Gasteiger partial charge in [0.05, 0.1) is 15.2 Å². The first kappa shape index (κ1) is 23.7. The molecule has 0 bridgehead atoms. The number of hydrogen-bond donors (Lipinski definition) is 2. The summed E-state index contributed by atoms with van der Waals surface area (Å²) in [6.45, 7) is -0.255. The van der Waals surface area contributed by atoms with Gasteiger partial charge in [-0.25, -0.2) is 4.39 Å². The predicted molar refractivity (Wildman–Crippen MR) is 126 cm³/mol. The van der Waals surface area contributed by atoms with E-state index in [1.54, 1.807) is 17.5 Å². The number of nitrogens with one attached hydrogen (secondary N) is 1. The number of thiophene rings is 1. The Balaban J connectivity index is 1.53. The predicted octanol–water partition coefficient (Wildman–Crippen LogP) is 2.69. The Hall–Kier alpha value is -3.42. The van der Waals surface area contributed by atoms with Crippen LogP contribution in [-0.4, -0.2) is 44.5 Å². The van der Waals surface area contributed by atoms with E-state index in [4.69, 9.17) is 23.8 Å². The normalized spacial score (nSPS) is 17.6. The number of nitrogens with two attached hydrogens (primary N) is 1.